The summed E-state index contributed by atoms with van der Waals surface area (Å²) in [5.41, 5.74) is 0.783. The van der Waals surface area contributed by atoms with E-state index in [0.29, 0.717) is 10.6 Å². The highest BCUT2D eigenvalue weighted by molar-refractivity contribution is 8.03. The molecule has 0 aliphatic carbocycles. The number of hydrogen-bond acceptors (Lipinski definition) is 4. The van der Waals surface area contributed by atoms with Crippen LogP contribution in [0, 0.1) is 11.3 Å². The van der Waals surface area contributed by atoms with Crippen molar-refractivity contribution in [3.63, 3.8) is 0 Å². The Bertz CT molecular complexity index is 480. The van der Waals surface area contributed by atoms with Gasteiger partial charge in [0.05, 0.1) is 5.03 Å². The number of thioether (sulfide) groups is 1. The smallest absolute Gasteiger partial charge is 0.206 e. The Kier molecular flexibility index (Phi) is 3.84. The van der Waals surface area contributed by atoms with Gasteiger partial charge in [-0.2, -0.15) is 5.26 Å². The minimum absolute atomic E-state index is 0.204. The molecule has 0 aromatic heterocycles. The van der Waals surface area contributed by atoms with Gasteiger partial charge in [0.15, 0.2) is 0 Å². The van der Waals surface area contributed by atoms with Crippen molar-refractivity contribution in [1.29, 1.82) is 5.26 Å². The van der Waals surface area contributed by atoms with E-state index in [9.17, 15) is 4.79 Å². The number of nitrogens with one attached hydrogen (secondary N) is 1. The minimum Gasteiger partial charge on any atom is -0.379 e. The zero-order valence-electron chi connectivity index (χ0n) is 9.27. The largest absolute Gasteiger partial charge is 0.379 e. The number of carbonyl (C=O) groups is 1. The lowest BCUT2D eigenvalue weighted by atomic mass is 10.1. The van der Waals surface area contributed by atoms with E-state index in [1.54, 1.807) is 36.0 Å². The fraction of sp³-hybridized carbons (Fsp3) is 0.231. The van der Waals surface area contributed by atoms with Gasteiger partial charge in [-0.1, -0.05) is 30.3 Å². The molecule has 1 aliphatic rings. The number of rotatable bonds is 2. The van der Waals surface area contributed by atoms with Crippen LogP contribution < -0.4 is 5.32 Å². The third-order valence-electron chi connectivity index (χ3n) is 2.45. The Labute approximate surface area is 105 Å². The van der Waals surface area contributed by atoms with Gasteiger partial charge in [0.2, 0.25) is 5.78 Å². The van der Waals surface area contributed by atoms with Crippen molar-refractivity contribution in [2.45, 2.75) is 6.42 Å². The molecular formula is C13H12N2OS. The van der Waals surface area contributed by atoms with Crippen LogP contribution >= 0.6 is 11.8 Å². The molecule has 1 heterocycles. The molecule has 1 aromatic carbocycles. The summed E-state index contributed by atoms with van der Waals surface area (Å²) in [4.78, 5) is 12.1. The molecule has 17 heavy (non-hydrogen) atoms. The molecule has 4 heteroatoms. The Balaban J connectivity index is 2.31. The SMILES string of the molecule is N#C/C(C(=O)c1ccccc1)=C1/NCCCS1. The van der Waals surface area contributed by atoms with Crippen molar-refractivity contribution in [1.82, 2.24) is 5.32 Å². The lowest BCUT2D eigenvalue weighted by Crippen LogP contribution is -2.22. The lowest BCUT2D eigenvalue weighted by Gasteiger charge is -2.17. The van der Waals surface area contributed by atoms with Crippen molar-refractivity contribution < 1.29 is 4.79 Å². The summed E-state index contributed by atoms with van der Waals surface area (Å²) in [6, 6.07) is 10.9. The predicted octanol–water partition coefficient (Wildman–Crippen LogP) is 2.33. The average molecular weight is 244 g/mol. The molecule has 2 rings (SSSR count). The number of allylic oxidation sites excluding steroid dienone is 1. The molecule has 86 valence electrons. The monoisotopic (exact) mass is 244 g/mol. The van der Waals surface area contributed by atoms with E-state index < -0.39 is 0 Å². The third-order valence-corrected chi connectivity index (χ3v) is 3.58. The Morgan fingerprint density at radius 2 is 2.12 bits per heavy atom. The third kappa shape index (κ3) is 2.69. The molecule has 1 fully saturated rings. The van der Waals surface area contributed by atoms with Gasteiger partial charge in [0.1, 0.15) is 11.6 Å². The first-order chi connectivity index (χ1) is 8.33. The number of carbonyl (C=O) groups excluding carboxylic acids is 1. The molecule has 0 atom stereocenters. The topological polar surface area (TPSA) is 52.9 Å². The highest BCUT2D eigenvalue weighted by atomic mass is 32.2. The molecule has 1 saturated heterocycles. The normalized spacial score (nSPS) is 17.8. The summed E-state index contributed by atoms with van der Waals surface area (Å²) in [6.45, 7) is 0.829. The Morgan fingerprint density at radius 3 is 2.71 bits per heavy atom. The summed E-state index contributed by atoms with van der Waals surface area (Å²) in [5.74, 6) is 0.750. The molecular weight excluding hydrogens is 232 g/mol. The van der Waals surface area contributed by atoms with Crippen molar-refractivity contribution >= 4 is 17.5 Å². The first-order valence-electron chi connectivity index (χ1n) is 5.43. The maximum atomic E-state index is 12.1. The maximum absolute atomic E-state index is 12.1. The second-order valence-corrected chi connectivity index (χ2v) is 4.75. The van der Waals surface area contributed by atoms with Crippen molar-refractivity contribution in [3.8, 4) is 6.07 Å². The zero-order chi connectivity index (χ0) is 12.1. The van der Waals surface area contributed by atoms with Gasteiger partial charge < -0.3 is 5.32 Å². The second-order valence-electron chi connectivity index (χ2n) is 3.64. The Morgan fingerprint density at radius 1 is 1.35 bits per heavy atom. The van der Waals surface area contributed by atoms with Gasteiger partial charge >= 0.3 is 0 Å². The Hall–Kier alpha value is -1.73. The fourth-order valence-corrected chi connectivity index (χ4v) is 2.58. The summed E-state index contributed by atoms with van der Waals surface area (Å²) >= 11 is 1.54. The van der Waals surface area contributed by atoms with Gasteiger partial charge in [-0.25, -0.2) is 0 Å². The molecule has 3 nitrogen and oxygen atoms in total. The van der Waals surface area contributed by atoms with E-state index in [1.165, 1.54) is 0 Å². The first-order valence-corrected chi connectivity index (χ1v) is 6.42. The highest BCUT2D eigenvalue weighted by Crippen LogP contribution is 2.23. The van der Waals surface area contributed by atoms with Crippen molar-refractivity contribution in [2.24, 2.45) is 0 Å². The second kappa shape index (κ2) is 5.55. The van der Waals surface area contributed by atoms with Crippen molar-refractivity contribution in [2.75, 3.05) is 12.3 Å². The van der Waals surface area contributed by atoms with Gasteiger partial charge in [-0.3, -0.25) is 4.79 Å². The van der Waals surface area contributed by atoms with Crippen molar-refractivity contribution in [3.05, 3.63) is 46.5 Å². The zero-order valence-corrected chi connectivity index (χ0v) is 10.1. The molecule has 1 N–H and O–H groups in total. The molecule has 0 radical (unpaired) electrons. The van der Waals surface area contributed by atoms with Crippen LogP contribution in [-0.4, -0.2) is 18.1 Å². The number of Topliss-reactive ketones (excluding diaryl/α,β-unsaturated/α-hetero) is 1. The number of nitrogens with zero attached hydrogens (tertiary/aromatic N) is 1. The van der Waals surface area contributed by atoms with Crippen LogP contribution in [-0.2, 0) is 0 Å². The predicted molar refractivity (Wildman–Crippen MR) is 68.5 cm³/mol. The standard InChI is InChI=1S/C13H12N2OS/c14-9-11(13-15-7-4-8-17-13)12(16)10-5-2-1-3-6-10/h1-3,5-6,15H,4,7-8H2/b13-11+. The van der Waals surface area contributed by atoms with Gasteiger partial charge in [0.25, 0.3) is 0 Å². The highest BCUT2D eigenvalue weighted by Gasteiger charge is 2.19. The van der Waals surface area contributed by atoms with E-state index in [2.05, 4.69) is 5.32 Å². The molecule has 0 amide bonds. The summed E-state index contributed by atoms with van der Waals surface area (Å²) < 4.78 is 0. The minimum atomic E-state index is -0.204. The quantitative estimate of drug-likeness (QED) is 0.493. The van der Waals surface area contributed by atoms with E-state index >= 15 is 0 Å². The molecule has 1 aliphatic heterocycles. The molecule has 0 spiro atoms. The maximum Gasteiger partial charge on any atom is 0.206 e. The summed E-state index contributed by atoms with van der Waals surface area (Å²) in [7, 11) is 0. The van der Waals surface area contributed by atoms with Crippen LogP contribution in [0.3, 0.4) is 0 Å². The van der Waals surface area contributed by atoms with Crippen LogP contribution in [0.25, 0.3) is 0 Å². The van der Waals surface area contributed by atoms with E-state index in [-0.39, 0.29) is 11.4 Å². The van der Waals surface area contributed by atoms with E-state index in [1.807, 2.05) is 12.1 Å². The van der Waals surface area contributed by atoms with Gasteiger partial charge in [-0.05, 0) is 6.42 Å². The fourth-order valence-electron chi connectivity index (χ4n) is 1.60. The summed E-state index contributed by atoms with van der Waals surface area (Å²) in [6.07, 6.45) is 1.06. The molecule has 1 aromatic rings. The van der Waals surface area contributed by atoms with Crippen LogP contribution in [0.15, 0.2) is 40.9 Å². The van der Waals surface area contributed by atoms with Crippen LogP contribution in [0.2, 0.25) is 0 Å². The van der Waals surface area contributed by atoms with Gasteiger partial charge in [-0.15, -0.1) is 11.8 Å². The molecule has 0 unspecified atom stereocenters. The van der Waals surface area contributed by atoms with Crippen LogP contribution in [0.1, 0.15) is 16.8 Å². The van der Waals surface area contributed by atoms with E-state index in [0.717, 1.165) is 18.7 Å². The number of ketones is 1. The number of benzene rings is 1. The number of hydrogen-bond donors (Lipinski definition) is 1. The molecule has 0 bridgehead atoms. The molecule has 0 saturated carbocycles. The van der Waals surface area contributed by atoms with Gasteiger partial charge in [0, 0.05) is 17.9 Å². The van der Waals surface area contributed by atoms with Crippen LogP contribution in [0.5, 0.6) is 0 Å². The first kappa shape index (κ1) is 11.7. The lowest BCUT2D eigenvalue weighted by molar-refractivity contribution is 0.103. The number of nitriles is 1. The van der Waals surface area contributed by atoms with E-state index in [4.69, 9.17) is 5.26 Å². The summed E-state index contributed by atoms with van der Waals surface area (Å²) in [5, 5.41) is 13.0. The average Bonchev–Trinajstić information content (AvgIpc) is 2.42. The van der Waals surface area contributed by atoms with Crippen LogP contribution in [0.4, 0.5) is 0 Å².